The Kier molecular flexibility index (Phi) is 5.09. The van der Waals surface area contributed by atoms with E-state index in [0.717, 1.165) is 28.8 Å². The molecular weight excluding hydrogens is 366 g/mol. The van der Waals surface area contributed by atoms with Gasteiger partial charge < -0.3 is 10.2 Å². The normalized spacial score (nSPS) is 21.8. The van der Waals surface area contributed by atoms with Crippen LogP contribution in [0.1, 0.15) is 53.7 Å². The maximum Gasteiger partial charge on any atom is 0.269 e. The van der Waals surface area contributed by atoms with Crippen LogP contribution in [0.4, 0.5) is 11.4 Å². The highest BCUT2D eigenvalue weighted by atomic mass is 16.6. The number of anilines is 1. The van der Waals surface area contributed by atoms with Crippen LogP contribution < -0.4 is 5.32 Å². The van der Waals surface area contributed by atoms with E-state index in [1.807, 2.05) is 49.1 Å². The number of nitrogens with zero attached hydrogens (tertiary/aromatic N) is 2. The molecular formula is C23H25N3O3. The zero-order valence-corrected chi connectivity index (χ0v) is 16.7. The lowest BCUT2D eigenvalue weighted by Gasteiger charge is -2.37. The fourth-order valence-corrected chi connectivity index (χ4v) is 4.55. The van der Waals surface area contributed by atoms with E-state index in [-0.39, 0.29) is 28.5 Å². The van der Waals surface area contributed by atoms with Gasteiger partial charge in [-0.05, 0) is 55.5 Å². The van der Waals surface area contributed by atoms with Crippen molar-refractivity contribution in [1.82, 2.24) is 4.90 Å². The number of hydrogen-bond acceptors (Lipinski definition) is 4. The van der Waals surface area contributed by atoms with Crippen molar-refractivity contribution in [2.45, 2.75) is 32.2 Å². The molecule has 0 bridgehead atoms. The molecule has 2 aromatic carbocycles. The molecule has 1 aliphatic heterocycles. The van der Waals surface area contributed by atoms with Crippen molar-refractivity contribution in [1.29, 1.82) is 0 Å². The van der Waals surface area contributed by atoms with E-state index in [4.69, 9.17) is 0 Å². The quantitative estimate of drug-likeness (QED) is 0.447. The van der Waals surface area contributed by atoms with Crippen LogP contribution in [0.3, 0.4) is 0 Å². The highest BCUT2D eigenvalue weighted by Gasteiger charge is 2.38. The predicted octanol–water partition coefficient (Wildman–Crippen LogP) is 4.90. The monoisotopic (exact) mass is 391 g/mol. The van der Waals surface area contributed by atoms with Crippen molar-refractivity contribution in [3.63, 3.8) is 0 Å². The Morgan fingerprint density at radius 2 is 1.90 bits per heavy atom. The molecule has 0 spiro atoms. The predicted molar refractivity (Wildman–Crippen MR) is 113 cm³/mol. The van der Waals surface area contributed by atoms with Gasteiger partial charge in [0.2, 0.25) is 0 Å². The average Bonchev–Trinajstić information content (AvgIpc) is 3.24. The third kappa shape index (κ3) is 3.39. The summed E-state index contributed by atoms with van der Waals surface area (Å²) in [5, 5.41) is 14.6. The molecule has 4 rings (SSSR count). The van der Waals surface area contributed by atoms with E-state index >= 15 is 0 Å². The number of fused-ring (bicyclic) bond motifs is 3. The first-order valence-corrected chi connectivity index (χ1v) is 10.1. The number of carbonyl (C=O) groups excluding carboxylic acids is 1. The Balaban J connectivity index is 1.67. The van der Waals surface area contributed by atoms with Crippen LogP contribution in [0, 0.1) is 16.0 Å². The third-order valence-electron chi connectivity index (χ3n) is 6.12. The molecule has 6 heteroatoms. The van der Waals surface area contributed by atoms with Gasteiger partial charge in [-0.2, -0.15) is 0 Å². The molecule has 1 aliphatic carbocycles. The first kappa shape index (κ1) is 19.2. The number of nitro groups is 1. The first-order valence-electron chi connectivity index (χ1n) is 10.1. The van der Waals surface area contributed by atoms with Gasteiger partial charge in [0.15, 0.2) is 0 Å². The number of rotatable bonds is 5. The van der Waals surface area contributed by atoms with Gasteiger partial charge in [-0.1, -0.05) is 24.3 Å². The van der Waals surface area contributed by atoms with Crippen LogP contribution in [0.5, 0.6) is 0 Å². The van der Waals surface area contributed by atoms with E-state index in [1.165, 1.54) is 0 Å². The van der Waals surface area contributed by atoms with Crippen molar-refractivity contribution < 1.29 is 9.72 Å². The van der Waals surface area contributed by atoms with Gasteiger partial charge in [-0.3, -0.25) is 14.9 Å². The molecule has 1 N–H and O–H groups in total. The van der Waals surface area contributed by atoms with Gasteiger partial charge in [-0.25, -0.2) is 0 Å². The van der Waals surface area contributed by atoms with E-state index in [2.05, 4.69) is 17.5 Å². The average molecular weight is 391 g/mol. The van der Waals surface area contributed by atoms with Crippen LogP contribution in [0.25, 0.3) is 0 Å². The summed E-state index contributed by atoms with van der Waals surface area (Å²) in [5.74, 6) is 0.618. The Morgan fingerprint density at radius 1 is 1.17 bits per heavy atom. The number of allylic oxidation sites excluding steroid dienone is 2. The number of amides is 1. The highest BCUT2D eigenvalue weighted by molar-refractivity contribution is 5.95. The van der Waals surface area contributed by atoms with Crippen molar-refractivity contribution in [2.24, 2.45) is 5.92 Å². The van der Waals surface area contributed by atoms with Crippen LogP contribution in [0.2, 0.25) is 0 Å². The molecule has 1 heterocycles. The molecule has 150 valence electrons. The standard InChI is InChI=1S/C23H25N3O3/c1-3-25(4-2)23(27)16-10-13-21-20(14-16)18-6-5-7-19(18)22(24-21)15-8-11-17(12-9-15)26(28)29/h5-6,8-14,18-19,22,24H,3-4,7H2,1-2H3/t18-,19+,22-/m0/s1. The summed E-state index contributed by atoms with van der Waals surface area (Å²) in [6, 6.07) is 12.8. The molecule has 0 fully saturated rings. The number of carbonyl (C=O) groups is 1. The zero-order valence-electron chi connectivity index (χ0n) is 16.7. The molecule has 29 heavy (non-hydrogen) atoms. The summed E-state index contributed by atoms with van der Waals surface area (Å²) in [6.45, 7) is 5.37. The van der Waals surface area contributed by atoms with Crippen molar-refractivity contribution in [2.75, 3.05) is 18.4 Å². The van der Waals surface area contributed by atoms with E-state index < -0.39 is 0 Å². The lowest BCUT2D eigenvalue weighted by molar-refractivity contribution is -0.384. The van der Waals surface area contributed by atoms with E-state index in [1.54, 1.807) is 12.1 Å². The molecule has 0 saturated carbocycles. The molecule has 3 atom stereocenters. The Morgan fingerprint density at radius 3 is 2.55 bits per heavy atom. The number of nitro benzene ring substituents is 1. The second-order valence-corrected chi connectivity index (χ2v) is 7.60. The summed E-state index contributed by atoms with van der Waals surface area (Å²) in [4.78, 5) is 25.2. The number of non-ortho nitro benzene ring substituents is 1. The van der Waals surface area contributed by atoms with Crippen molar-refractivity contribution in [3.8, 4) is 0 Å². The van der Waals surface area contributed by atoms with Gasteiger partial charge in [0.05, 0.1) is 11.0 Å². The van der Waals surface area contributed by atoms with Gasteiger partial charge in [0.1, 0.15) is 0 Å². The van der Waals surface area contributed by atoms with Crippen molar-refractivity contribution >= 4 is 17.3 Å². The topological polar surface area (TPSA) is 75.5 Å². The van der Waals surface area contributed by atoms with Gasteiger partial charge in [-0.15, -0.1) is 0 Å². The summed E-state index contributed by atoms with van der Waals surface area (Å²) in [5.41, 5.74) is 4.05. The summed E-state index contributed by atoms with van der Waals surface area (Å²) in [7, 11) is 0. The summed E-state index contributed by atoms with van der Waals surface area (Å²) < 4.78 is 0. The number of nitrogens with one attached hydrogen (secondary N) is 1. The minimum atomic E-state index is -0.373. The second kappa shape index (κ2) is 7.70. The van der Waals surface area contributed by atoms with Crippen LogP contribution >= 0.6 is 0 Å². The molecule has 0 aromatic heterocycles. The summed E-state index contributed by atoms with van der Waals surface area (Å²) >= 11 is 0. The Hall–Kier alpha value is -3.15. The van der Waals surface area contributed by atoms with Gasteiger partial charge >= 0.3 is 0 Å². The van der Waals surface area contributed by atoms with E-state index in [0.29, 0.717) is 19.0 Å². The van der Waals surface area contributed by atoms with Crippen LogP contribution in [-0.2, 0) is 0 Å². The van der Waals surface area contributed by atoms with Gasteiger partial charge in [0, 0.05) is 42.4 Å². The van der Waals surface area contributed by atoms with Crippen LogP contribution in [-0.4, -0.2) is 28.8 Å². The number of hydrogen-bond donors (Lipinski definition) is 1. The first-order chi connectivity index (χ1) is 14.0. The maximum atomic E-state index is 12.8. The molecule has 2 aliphatic rings. The lowest BCUT2D eigenvalue weighted by atomic mass is 9.76. The summed E-state index contributed by atoms with van der Waals surface area (Å²) in [6.07, 6.45) is 5.37. The molecule has 0 radical (unpaired) electrons. The van der Waals surface area contributed by atoms with E-state index in [9.17, 15) is 14.9 Å². The largest absolute Gasteiger partial charge is 0.378 e. The van der Waals surface area contributed by atoms with Crippen LogP contribution in [0.15, 0.2) is 54.6 Å². The fraction of sp³-hybridized carbons (Fsp3) is 0.348. The molecule has 0 saturated heterocycles. The second-order valence-electron chi connectivity index (χ2n) is 7.60. The molecule has 2 aromatic rings. The number of benzene rings is 2. The highest BCUT2D eigenvalue weighted by Crippen LogP contribution is 2.50. The molecule has 6 nitrogen and oxygen atoms in total. The third-order valence-corrected chi connectivity index (χ3v) is 6.12. The fourth-order valence-electron chi connectivity index (χ4n) is 4.55. The lowest BCUT2D eigenvalue weighted by Crippen LogP contribution is -2.32. The maximum absolute atomic E-state index is 12.8. The molecule has 0 unspecified atom stereocenters. The molecule has 1 amide bonds. The Labute approximate surface area is 170 Å². The minimum Gasteiger partial charge on any atom is -0.378 e. The SMILES string of the molecule is CCN(CC)C(=O)c1ccc2c(c1)[C@H]1C=CC[C@H]1[C@H](c1ccc([N+](=O)[O-])cc1)N2. The van der Waals surface area contributed by atoms with Gasteiger partial charge in [0.25, 0.3) is 11.6 Å². The smallest absolute Gasteiger partial charge is 0.269 e. The zero-order chi connectivity index (χ0) is 20.5. The van der Waals surface area contributed by atoms with Crippen molar-refractivity contribution in [3.05, 3.63) is 81.4 Å². The Bertz CT molecular complexity index is 964. The minimum absolute atomic E-state index is 0.0637.